The van der Waals surface area contributed by atoms with Crippen LogP contribution < -0.4 is 10.6 Å². The number of carboxylic acid groups (broad SMARTS) is 2. The summed E-state index contributed by atoms with van der Waals surface area (Å²) in [5.41, 5.74) is 1.04. The maximum absolute atomic E-state index is 14.4. The number of piperidine rings is 1. The number of carbonyl (C=O) groups excluding carboxylic acids is 3. The van der Waals surface area contributed by atoms with Gasteiger partial charge in [0, 0.05) is 63.4 Å². The van der Waals surface area contributed by atoms with Crippen molar-refractivity contribution in [3.63, 3.8) is 0 Å². The molecule has 1 aromatic carbocycles. The first kappa shape index (κ1) is 44.9. The van der Waals surface area contributed by atoms with E-state index in [0.29, 0.717) is 49.7 Å². The predicted molar refractivity (Wildman–Crippen MR) is 210 cm³/mol. The van der Waals surface area contributed by atoms with Crippen LogP contribution >= 0.6 is 0 Å². The number of likely N-dealkylation sites (tertiary alicyclic amines) is 1. The zero-order valence-corrected chi connectivity index (χ0v) is 33.3. The van der Waals surface area contributed by atoms with Crippen molar-refractivity contribution in [1.82, 2.24) is 30.4 Å². The third kappa shape index (κ3) is 14.6. The topological polar surface area (TPSA) is 224 Å². The molecule has 0 bridgehead atoms. The fraction of sp³-hybridized carbons (Fsp3) is 0.610. The first-order chi connectivity index (χ1) is 27.2. The Morgan fingerprint density at radius 1 is 0.947 bits per heavy atom. The molecule has 6 N–H and O–H groups in total. The molecule has 0 radical (unpaired) electrons. The standard InChI is InChI=1S/C37H56N6O6.C4H4O4/c1-37(2)33(48-25-49-37)22-32(44)29(19-26-13-7-4-8-14-26)40-34(45)31(21-28-23-38-24-39-28)42(3)35(46)30(20-27-15-9-5-10-16-27)41-36(47)43-17-11-6-12-18-43;5-3(6)1-2-4(7)8/h5,9-10,15-16,23-24,26,29-33,44H,4,6-8,11-14,17-22,25H2,1-3H3,(H,38,39)(H,40,45)(H,41,47);1-2H,(H,5,6)(H,7,8)/b;2-1-/t29-,30-,31-,32-,33-;/m0./s1. The number of hydrogen-bond donors (Lipinski definition) is 6. The number of aromatic amines is 1. The third-order valence-electron chi connectivity index (χ3n) is 11.0. The van der Waals surface area contributed by atoms with Gasteiger partial charge in [-0.05, 0) is 51.0 Å². The molecule has 2 aromatic rings. The quantitative estimate of drug-likeness (QED) is 0.135. The number of aliphatic hydroxyl groups excluding tert-OH is 1. The monoisotopic (exact) mass is 796 g/mol. The normalized spacial score (nSPS) is 20.4. The maximum atomic E-state index is 14.4. The smallest absolute Gasteiger partial charge is 0.328 e. The van der Waals surface area contributed by atoms with Crippen LogP contribution in [0.2, 0.25) is 0 Å². The summed E-state index contributed by atoms with van der Waals surface area (Å²) >= 11 is 0. The number of hydrogen-bond acceptors (Lipinski definition) is 9. The summed E-state index contributed by atoms with van der Waals surface area (Å²) in [6, 6.07) is 6.96. The zero-order chi connectivity index (χ0) is 41.4. The van der Waals surface area contributed by atoms with Crippen molar-refractivity contribution in [3.8, 4) is 0 Å². The SMILES string of the molecule is CN(C(=O)[C@H](Cc1ccccc1)NC(=O)N1CCCCC1)[C@@H](Cc1cnc[nH]1)C(=O)N[C@@H](CC1CCCCC1)[C@@H](O)C[C@@H]1OCOC1(C)C.O=C(O)/C=C\C(=O)O. The van der Waals surface area contributed by atoms with Crippen LogP contribution in [-0.2, 0) is 41.5 Å². The van der Waals surface area contributed by atoms with Crippen LogP contribution in [0.25, 0.3) is 0 Å². The van der Waals surface area contributed by atoms with E-state index < -0.39 is 41.8 Å². The first-order valence-corrected chi connectivity index (χ1v) is 19.9. The fourth-order valence-corrected chi connectivity index (χ4v) is 7.61. The number of imidazole rings is 1. The number of aliphatic carboxylic acids is 2. The lowest BCUT2D eigenvalue weighted by atomic mass is 9.82. The molecule has 1 aromatic heterocycles. The van der Waals surface area contributed by atoms with Gasteiger partial charge >= 0.3 is 18.0 Å². The number of ether oxygens (including phenoxy) is 2. The molecule has 0 spiro atoms. The highest BCUT2D eigenvalue weighted by atomic mass is 16.7. The van der Waals surface area contributed by atoms with Crippen LogP contribution in [0.1, 0.15) is 89.3 Å². The molecule has 314 valence electrons. The molecular formula is C41H60N6O10. The largest absolute Gasteiger partial charge is 0.478 e. The second-order valence-corrected chi connectivity index (χ2v) is 15.7. The summed E-state index contributed by atoms with van der Waals surface area (Å²) < 4.78 is 11.6. The van der Waals surface area contributed by atoms with Gasteiger partial charge in [0.2, 0.25) is 11.8 Å². The summed E-state index contributed by atoms with van der Waals surface area (Å²) in [5, 5.41) is 33.5. The Hall–Kier alpha value is -4.80. The molecule has 57 heavy (non-hydrogen) atoms. The van der Waals surface area contributed by atoms with Crippen LogP contribution in [-0.4, -0.2) is 128 Å². The van der Waals surface area contributed by atoms with Gasteiger partial charge in [-0.1, -0.05) is 62.4 Å². The second-order valence-electron chi connectivity index (χ2n) is 15.7. The van der Waals surface area contributed by atoms with Crippen molar-refractivity contribution in [2.45, 2.75) is 127 Å². The van der Waals surface area contributed by atoms with E-state index in [4.69, 9.17) is 19.7 Å². The van der Waals surface area contributed by atoms with Crippen molar-refractivity contribution in [2.75, 3.05) is 26.9 Å². The van der Waals surface area contributed by atoms with E-state index >= 15 is 0 Å². The van der Waals surface area contributed by atoms with Crippen molar-refractivity contribution in [3.05, 3.63) is 66.3 Å². The predicted octanol–water partition coefficient (Wildman–Crippen LogP) is 3.66. The fourth-order valence-electron chi connectivity index (χ4n) is 7.61. The van der Waals surface area contributed by atoms with E-state index in [1.165, 1.54) is 11.3 Å². The van der Waals surface area contributed by atoms with Crippen LogP contribution in [0.15, 0.2) is 55.0 Å². The molecule has 4 amide bonds. The molecule has 2 saturated heterocycles. The summed E-state index contributed by atoms with van der Waals surface area (Å²) in [5.74, 6) is -2.86. The number of carbonyl (C=O) groups is 5. The highest BCUT2D eigenvalue weighted by molar-refractivity contribution is 5.92. The number of urea groups is 1. The van der Waals surface area contributed by atoms with E-state index in [2.05, 4.69) is 20.6 Å². The number of H-pyrrole nitrogens is 1. The van der Waals surface area contributed by atoms with Gasteiger partial charge in [0.05, 0.1) is 30.2 Å². The second kappa shape index (κ2) is 22.2. The van der Waals surface area contributed by atoms with Crippen molar-refractivity contribution >= 4 is 29.8 Å². The van der Waals surface area contributed by atoms with Gasteiger partial charge in [0.25, 0.3) is 0 Å². The van der Waals surface area contributed by atoms with Gasteiger partial charge in [0.15, 0.2) is 0 Å². The van der Waals surface area contributed by atoms with Crippen molar-refractivity contribution in [2.24, 2.45) is 5.92 Å². The lowest BCUT2D eigenvalue weighted by Gasteiger charge is -2.36. The molecule has 0 unspecified atom stereocenters. The number of benzene rings is 1. The van der Waals surface area contributed by atoms with Gasteiger partial charge in [0.1, 0.15) is 18.9 Å². The lowest BCUT2D eigenvalue weighted by molar-refractivity contribution is -0.141. The molecule has 5 rings (SSSR count). The van der Waals surface area contributed by atoms with Gasteiger partial charge in [-0.15, -0.1) is 0 Å². The Morgan fingerprint density at radius 2 is 1.60 bits per heavy atom. The molecule has 16 heteroatoms. The Bertz CT molecular complexity index is 1590. The van der Waals surface area contributed by atoms with Crippen molar-refractivity contribution < 1.29 is 48.8 Å². The Labute approximate surface area is 334 Å². The van der Waals surface area contributed by atoms with E-state index in [9.17, 15) is 29.1 Å². The Balaban J connectivity index is 0.000000812. The third-order valence-corrected chi connectivity index (χ3v) is 11.0. The van der Waals surface area contributed by atoms with Gasteiger partial charge in [-0.2, -0.15) is 0 Å². The average molecular weight is 797 g/mol. The molecule has 3 heterocycles. The highest BCUT2D eigenvalue weighted by Gasteiger charge is 2.41. The van der Waals surface area contributed by atoms with Gasteiger partial charge in [-0.25, -0.2) is 19.4 Å². The molecule has 1 aliphatic carbocycles. The molecular weight excluding hydrogens is 736 g/mol. The zero-order valence-electron chi connectivity index (χ0n) is 33.3. The van der Waals surface area contributed by atoms with E-state index in [0.717, 1.165) is 50.5 Å². The minimum absolute atomic E-state index is 0.168. The number of nitrogens with one attached hydrogen (secondary N) is 3. The number of rotatable bonds is 16. The number of amides is 4. The van der Waals surface area contributed by atoms with Gasteiger partial charge in [-0.3, -0.25) is 9.59 Å². The number of likely N-dealkylation sites (N-methyl/N-ethyl adjacent to an activating group) is 1. The molecule has 2 aliphatic heterocycles. The molecule has 3 fully saturated rings. The maximum Gasteiger partial charge on any atom is 0.328 e. The molecule has 1 saturated carbocycles. The van der Waals surface area contributed by atoms with Crippen LogP contribution in [0.3, 0.4) is 0 Å². The van der Waals surface area contributed by atoms with Gasteiger partial charge < -0.3 is 50.2 Å². The minimum Gasteiger partial charge on any atom is -0.478 e. The van der Waals surface area contributed by atoms with E-state index in [1.807, 2.05) is 44.2 Å². The first-order valence-electron chi connectivity index (χ1n) is 19.9. The minimum atomic E-state index is -1.26. The summed E-state index contributed by atoms with van der Waals surface area (Å²) in [4.78, 5) is 71.7. The number of carboxylic acids is 2. The lowest BCUT2D eigenvalue weighted by Crippen LogP contribution is -2.59. The molecule has 5 atom stereocenters. The average Bonchev–Trinajstić information content (AvgIpc) is 3.84. The summed E-state index contributed by atoms with van der Waals surface area (Å²) in [7, 11) is 1.62. The van der Waals surface area contributed by atoms with E-state index in [-0.39, 0.29) is 43.6 Å². The Morgan fingerprint density at radius 3 is 2.18 bits per heavy atom. The van der Waals surface area contributed by atoms with E-state index in [1.54, 1.807) is 24.5 Å². The summed E-state index contributed by atoms with van der Waals surface area (Å²) in [6.07, 6.45) is 13.1. The summed E-state index contributed by atoms with van der Waals surface area (Å²) in [6.45, 7) is 5.37. The number of aromatic nitrogens is 2. The van der Waals surface area contributed by atoms with Crippen LogP contribution in [0, 0.1) is 5.92 Å². The van der Waals surface area contributed by atoms with Crippen molar-refractivity contribution in [1.29, 1.82) is 0 Å². The number of aliphatic hydroxyl groups is 1. The highest BCUT2D eigenvalue weighted by Crippen LogP contribution is 2.32. The Kier molecular flexibility index (Phi) is 17.5. The molecule has 3 aliphatic rings. The molecule has 16 nitrogen and oxygen atoms in total. The van der Waals surface area contributed by atoms with Crippen LogP contribution in [0.5, 0.6) is 0 Å². The number of nitrogens with zero attached hydrogens (tertiary/aromatic N) is 3. The van der Waals surface area contributed by atoms with Crippen LogP contribution in [0.4, 0.5) is 4.79 Å².